The van der Waals surface area contributed by atoms with Crippen molar-refractivity contribution < 1.29 is 13.9 Å². The number of likely N-dealkylation sites (tertiary alicyclic amines) is 1. The summed E-state index contributed by atoms with van der Waals surface area (Å²) < 4.78 is 11.6. The topological polar surface area (TPSA) is 54.7 Å². The predicted molar refractivity (Wildman–Crippen MR) is 121 cm³/mol. The van der Waals surface area contributed by atoms with Crippen molar-refractivity contribution in [3.05, 3.63) is 66.1 Å². The van der Waals surface area contributed by atoms with E-state index in [1.165, 1.54) is 5.39 Å². The highest BCUT2D eigenvalue weighted by Crippen LogP contribution is 2.23. The zero-order valence-electron chi connectivity index (χ0n) is 17.3. The van der Waals surface area contributed by atoms with E-state index in [2.05, 4.69) is 24.4 Å². The summed E-state index contributed by atoms with van der Waals surface area (Å²) in [6.45, 7) is 6.04. The third-order valence-electron chi connectivity index (χ3n) is 5.56. The van der Waals surface area contributed by atoms with Crippen molar-refractivity contribution >= 4 is 29.1 Å². The molecule has 1 aliphatic heterocycles. The van der Waals surface area contributed by atoms with Gasteiger partial charge in [-0.3, -0.25) is 4.79 Å². The molecule has 160 valence electrons. The minimum Gasteiger partial charge on any atom is -0.486 e. The first-order chi connectivity index (χ1) is 14.2. The van der Waals surface area contributed by atoms with Crippen LogP contribution in [-0.4, -0.2) is 37.0 Å². The highest BCUT2D eigenvalue weighted by Gasteiger charge is 2.25. The quantitative estimate of drug-likeness (QED) is 0.581. The number of nitrogens with zero attached hydrogens (tertiary/aromatic N) is 1. The molecule has 6 heteroatoms. The minimum atomic E-state index is -0.0242. The van der Waals surface area contributed by atoms with E-state index < -0.39 is 0 Å². The molecule has 0 spiro atoms. The van der Waals surface area contributed by atoms with Crippen LogP contribution >= 0.6 is 12.4 Å². The van der Waals surface area contributed by atoms with Crippen LogP contribution in [0.2, 0.25) is 0 Å². The van der Waals surface area contributed by atoms with E-state index in [9.17, 15) is 4.79 Å². The predicted octanol–water partition coefficient (Wildman–Crippen LogP) is 4.90. The number of carbonyl (C=O) groups excluding carboxylic acids is 1. The first-order valence-electron chi connectivity index (χ1n) is 10.4. The molecule has 0 radical (unpaired) electrons. The molecule has 0 atom stereocenters. The van der Waals surface area contributed by atoms with Gasteiger partial charge in [-0.05, 0) is 66.9 Å². The molecule has 3 aromatic rings. The maximum Gasteiger partial charge on any atom is 0.289 e. The van der Waals surface area contributed by atoms with Crippen LogP contribution in [0.4, 0.5) is 0 Å². The number of nitrogens with one attached hydrogen (secondary N) is 1. The van der Waals surface area contributed by atoms with Crippen LogP contribution in [0.1, 0.15) is 36.1 Å². The van der Waals surface area contributed by atoms with Gasteiger partial charge < -0.3 is 19.4 Å². The normalized spacial score (nSPS) is 14.5. The Balaban J connectivity index is 0.00000256. The molecule has 1 amide bonds. The van der Waals surface area contributed by atoms with E-state index in [0.717, 1.165) is 50.2 Å². The Labute approximate surface area is 183 Å². The fourth-order valence-electron chi connectivity index (χ4n) is 3.83. The number of hydrogen-bond donors (Lipinski definition) is 1. The third-order valence-corrected chi connectivity index (χ3v) is 5.56. The van der Waals surface area contributed by atoms with E-state index in [-0.39, 0.29) is 18.3 Å². The molecule has 4 rings (SSSR count). The van der Waals surface area contributed by atoms with Gasteiger partial charge in [-0.25, -0.2) is 0 Å². The van der Waals surface area contributed by atoms with Crippen molar-refractivity contribution in [2.24, 2.45) is 5.92 Å². The molecule has 2 aromatic carbocycles. The number of hydrogen-bond acceptors (Lipinski definition) is 4. The van der Waals surface area contributed by atoms with Crippen LogP contribution in [0.3, 0.4) is 0 Å². The average molecular weight is 429 g/mol. The maximum absolute atomic E-state index is 12.7. The van der Waals surface area contributed by atoms with Crippen molar-refractivity contribution in [3.8, 4) is 5.75 Å². The molecule has 1 N–H and O–H groups in total. The Kier molecular flexibility index (Phi) is 7.77. The highest BCUT2D eigenvalue weighted by molar-refractivity contribution is 5.91. The summed E-state index contributed by atoms with van der Waals surface area (Å²) >= 11 is 0. The van der Waals surface area contributed by atoms with Crippen LogP contribution in [0, 0.1) is 5.92 Å². The van der Waals surface area contributed by atoms with Gasteiger partial charge in [-0.1, -0.05) is 37.3 Å². The molecule has 0 aliphatic carbocycles. The number of ether oxygens (including phenoxy) is 1. The largest absolute Gasteiger partial charge is 0.486 e. The number of furan rings is 1. The summed E-state index contributed by atoms with van der Waals surface area (Å²) in [7, 11) is 0. The Morgan fingerprint density at radius 3 is 2.63 bits per heavy atom. The smallest absolute Gasteiger partial charge is 0.289 e. The van der Waals surface area contributed by atoms with Crippen molar-refractivity contribution in [3.63, 3.8) is 0 Å². The first-order valence-corrected chi connectivity index (χ1v) is 10.4. The van der Waals surface area contributed by atoms with Gasteiger partial charge in [0.15, 0.2) is 5.76 Å². The summed E-state index contributed by atoms with van der Waals surface area (Å²) in [5.74, 6) is 2.47. The van der Waals surface area contributed by atoms with Crippen LogP contribution in [0.25, 0.3) is 10.8 Å². The van der Waals surface area contributed by atoms with Crippen LogP contribution in [0.5, 0.6) is 5.75 Å². The monoisotopic (exact) mass is 428 g/mol. The third kappa shape index (κ3) is 5.35. The molecule has 1 aliphatic rings. The second kappa shape index (κ2) is 10.5. The molecule has 0 bridgehead atoms. The Hall–Kier alpha value is -2.50. The lowest BCUT2D eigenvalue weighted by Gasteiger charge is -2.31. The Bertz CT molecular complexity index is 964. The van der Waals surface area contributed by atoms with E-state index in [1.807, 2.05) is 41.3 Å². The standard InChI is InChI=1S/C24H28N2O3.ClH/c1-2-25-16-18-11-13-26(14-12-18)24(27)23-10-9-22(29-23)17-28-21-8-7-19-5-3-4-6-20(19)15-21;/h3-10,15,18,25H,2,11-14,16-17H2,1H3;1H. The first kappa shape index (κ1) is 22.2. The SMILES string of the molecule is CCNCC1CCN(C(=O)c2ccc(COc3ccc4ccccc4c3)o2)CC1.Cl. The Morgan fingerprint density at radius 2 is 1.87 bits per heavy atom. The van der Waals surface area contributed by atoms with Crippen LogP contribution < -0.4 is 10.1 Å². The Morgan fingerprint density at radius 1 is 1.10 bits per heavy atom. The number of halogens is 1. The van der Waals surface area contributed by atoms with Gasteiger partial charge in [0.25, 0.3) is 5.91 Å². The highest BCUT2D eigenvalue weighted by atomic mass is 35.5. The van der Waals surface area contributed by atoms with E-state index >= 15 is 0 Å². The van der Waals surface area contributed by atoms with E-state index in [1.54, 1.807) is 6.07 Å². The molecule has 0 unspecified atom stereocenters. The number of fused-ring (bicyclic) bond motifs is 1. The molecule has 30 heavy (non-hydrogen) atoms. The summed E-state index contributed by atoms with van der Waals surface area (Å²) in [5, 5.41) is 5.72. The van der Waals surface area contributed by atoms with Crippen LogP contribution in [0.15, 0.2) is 59.0 Å². The van der Waals surface area contributed by atoms with Gasteiger partial charge in [0.1, 0.15) is 18.1 Å². The van der Waals surface area contributed by atoms with Gasteiger partial charge in [-0.2, -0.15) is 0 Å². The second-order valence-corrected chi connectivity index (χ2v) is 7.61. The van der Waals surface area contributed by atoms with Gasteiger partial charge in [-0.15, -0.1) is 12.4 Å². The maximum atomic E-state index is 12.7. The molecule has 1 aromatic heterocycles. The number of carbonyl (C=O) groups is 1. The summed E-state index contributed by atoms with van der Waals surface area (Å²) in [4.78, 5) is 14.6. The molecule has 1 fully saturated rings. The number of rotatable bonds is 7. The average Bonchev–Trinajstić information content (AvgIpc) is 3.25. The molecule has 1 saturated heterocycles. The fourth-order valence-corrected chi connectivity index (χ4v) is 3.83. The van der Waals surface area contributed by atoms with Gasteiger partial charge in [0.2, 0.25) is 0 Å². The molecule has 0 saturated carbocycles. The van der Waals surface area contributed by atoms with Crippen molar-refractivity contribution in [1.29, 1.82) is 0 Å². The zero-order chi connectivity index (χ0) is 20.1. The molecular weight excluding hydrogens is 400 g/mol. The van der Waals surface area contributed by atoms with Crippen molar-refractivity contribution in [1.82, 2.24) is 10.2 Å². The van der Waals surface area contributed by atoms with Gasteiger partial charge in [0.05, 0.1) is 0 Å². The summed E-state index contributed by atoms with van der Waals surface area (Å²) in [6.07, 6.45) is 2.08. The van der Waals surface area contributed by atoms with E-state index in [0.29, 0.717) is 24.0 Å². The number of benzene rings is 2. The summed E-state index contributed by atoms with van der Waals surface area (Å²) in [6, 6.07) is 17.8. The van der Waals surface area contributed by atoms with Crippen molar-refractivity contribution in [2.75, 3.05) is 26.2 Å². The van der Waals surface area contributed by atoms with E-state index in [4.69, 9.17) is 9.15 Å². The lowest BCUT2D eigenvalue weighted by molar-refractivity contribution is 0.0654. The molecular formula is C24H29ClN2O3. The minimum absolute atomic E-state index is 0. The van der Waals surface area contributed by atoms with Crippen LogP contribution in [-0.2, 0) is 6.61 Å². The lowest BCUT2D eigenvalue weighted by Crippen LogP contribution is -2.40. The number of piperidine rings is 1. The van der Waals surface area contributed by atoms with Crippen molar-refractivity contribution in [2.45, 2.75) is 26.4 Å². The second-order valence-electron chi connectivity index (χ2n) is 7.61. The molecule has 2 heterocycles. The fraction of sp³-hybridized carbons (Fsp3) is 0.375. The molecule has 5 nitrogen and oxygen atoms in total. The van der Waals surface area contributed by atoms with Gasteiger partial charge >= 0.3 is 0 Å². The zero-order valence-corrected chi connectivity index (χ0v) is 18.1. The van der Waals surface area contributed by atoms with Gasteiger partial charge in [0, 0.05) is 13.1 Å². The lowest BCUT2D eigenvalue weighted by atomic mass is 9.96. The number of amides is 1. The summed E-state index contributed by atoms with van der Waals surface area (Å²) in [5.41, 5.74) is 0.